The minimum absolute atomic E-state index is 0.0862. The van der Waals surface area contributed by atoms with E-state index >= 15 is 0 Å². The fourth-order valence-corrected chi connectivity index (χ4v) is 3.05. The summed E-state index contributed by atoms with van der Waals surface area (Å²) in [4.78, 5) is 12.2. The third-order valence-electron chi connectivity index (χ3n) is 2.75. The van der Waals surface area contributed by atoms with Gasteiger partial charge in [-0.2, -0.15) is 0 Å². The lowest BCUT2D eigenvalue weighted by Gasteiger charge is -1.96. The number of carbonyl (C=O) groups excluding carboxylic acids is 1. The average Bonchev–Trinajstić information content (AvgIpc) is 2.82. The van der Waals surface area contributed by atoms with Gasteiger partial charge in [-0.05, 0) is 29.2 Å². The molecule has 17 heavy (non-hydrogen) atoms. The molecule has 2 aliphatic rings. The van der Waals surface area contributed by atoms with Crippen LogP contribution < -0.4 is 5.32 Å². The molecule has 1 heterocycles. The number of benzene rings is 1. The van der Waals surface area contributed by atoms with E-state index in [1.807, 2.05) is 18.2 Å². The maximum absolute atomic E-state index is 11.5. The van der Waals surface area contributed by atoms with Crippen molar-refractivity contribution >= 4 is 40.3 Å². The molecule has 1 aromatic carbocycles. The monoisotopic (exact) mass is 259 g/mol. The van der Waals surface area contributed by atoms with Gasteiger partial charge in [0, 0.05) is 0 Å². The Morgan fingerprint density at radius 1 is 1.35 bits per heavy atom. The summed E-state index contributed by atoms with van der Waals surface area (Å²) in [6.45, 7) is 0. The topological polar surface area (TPSA) is 29.1 Å². The molecule has 0 saturated carbocycles. The van der Waals surface area contributed by atoms with Gasteiger partial charge in [-0.15, -0.1) is 0 Å². The first kappa shape index (κ1) is 10.7. The van der Waals surface area contributed by atoms with Crippen molar-refractivity contribution in [3.05, 3.63) is 51.9 Å². The van der Waals surface area contributed by atoms with E-state index in [0.29, 0.717) is 9.23 Å². The van der Waals surface area contributed by atoms with E-state index in [4.69, 9.17) is 12.2 Å². The number of carbonyl (C=O) groups is 1. The highest BCUT2D eigenvalue weighted by atomic mass is 32.2. The number of rotatable bonds is 1. The number of fused-ring (bicyclic) bond motifs is 1. The van der Waals surface area contributed by atoms with Gasteiger partial charge >= 0.3 is 0 Å². The molecule has 3 rings (SSSR count). The van der Waals surface area contributed by atoms with E-state index < -0.39 is 0 Å². The van der Waals surface area contributed by atoms with Crippen molar-refractivity contribution in [1.29, 1.82) is 0 Å². The molecule has 1 fully saturated rings. The normalized spacial score (nSPS) is 20.5. The van der Waals surface area contributed by atoms with Crippen LogP contribution in [0.25, 0.3) is 6.08 Å². The van der Waals surface area contributed by atoms with Gasteiger partial charge in [0.15, 0.2) is 0 Å². The molecule has 1 aromatic rings. The number of hydrogen-bond donors (Lipinski definition) is 1. The highest BCUT2D eigenvalue weighted by Gasteiger charge is 2.23. The maximum Gasteiger partial charge on any atom is 0.263 e. The Bertz CT molecular complexity index is 587. The van der Waals surface area contributed by atoms with Crippen LogP contribution in [0.5, 0.6) is 0 Å². The van der Waals surface area contributed by atoms with Crippen LogP contribution in [0, 0.1) is 0 Å². The van der Waals surface area contributed by atoms with Crippen molar-refractivity contribution in [3.63, 3.8) is 0 Å². The number of hydrogen-bond acceptors (Lipinski definition) is 3. The van der Waals surface area contributed by atoms with E-state index in [-0.39, 0.29) is 5.91 Å². The van der Waals surface area contributed by atoms with Gasteiger partial charge in [-0.3, -0.25) is 4.79 Å². The van der Waals surface area contributed by atoms with E-state index in [1.54, 1.807) is 0 Å². The standard InChI is InChI=1S/C13H9NOS2/c15-12-11(17-13(16)14-12)7-8-5-9-3-1-2-4-10(9)6-8/h1-5,7H,6H2,(H,14,15,16)/b11-7-. The summed E-state index contributed by atoms with van der Waals surface area (Å²) in [6.07, 6.45) is 4.94. The Hall–Kier alpha value is -1.39. The van der Waals surface area contributed by atoms with Crippen molar-refractivity contribution in [2.24, 2.45) is 0 Å². The zero-order valence-corrected chi connectivity index (χ0v) is 10.5. The zero-order valence-electron chi connectivity index (χ0n) is 8.90. The minimum Gasteiger partial charge on any atom is -0.307 e. The van der Waals surface area contributed by atoms with Crippen LogP contribution in [0.2, 0.25) is 0 Å². The summed E-state index contributed by atoms with van der Waals surface area (Å²) in [6, 6.07) is 8.27. The molecular weight excluding hydrogens is 250 g/mol. The smallest absolute Gasteiger partial charge is 0.263 e. The highest BCUT2D eigenvalue weighted by molar-refractivity contribution is 8.26. The van der Waals surface area contributed by atoms with Gasteiger partial charge in [0.2, 0.25) is 0 Å². The van der Waals surface area contributed by atoms with E-state index in [2.05, 4.69) is 23.5 Å². The van der Waals surface area contributed by atoms with E-state index in [0.717, 1.165) is 12.0 Å². The molecule has 0 bridgehead atoms. The van der Waals surface area contributed by atoms with Crippen molar-refractivity contribution in [2.45, 2.75) is 6.42 Å². The Kier molecular flexibility index (Phi) is 2.61. The van der Waals surface area contributed by atoms with Crippen LogP contribution in [-0.4, -0.2) is 10.2 Å². The SMILES string of the molecule is O=C1NC(=S)S/C1=C\C1=Cc2ccccc2C1. The molecule has 1 N–H and O–H groups in total. The van der Waals surface area contributed by atoms with Crippen LogP contribution in [0.4, 0.5) is 0 Å². The Morgan fingerprint density at radius 3 is 2.88 bits per heavy atom. The summed E-state index contributed by atoms with van der Waals surface area (Å²) in [5.41, 5.74) is 3.71. The Morgan fingerprint density at radius 2 is 2.18 bits per heavy atom. The predicted octanol–water partition coefficient (Wildman–Crippen LogP) is 2.66. The Balaban J connectivity index is 1.88. The predicted molar refractivity (Wildman–Crippen MR) is 74.5 cm³/mol. The summed E-state index contributed by atoms with van der Waals surface area (Å²) in [7, 11) is 0. The molecule has 84 valence electrons. The molecule has 0 aromatic heterocycles. The first-order valence-corrected chi connectivity index (χ1v) is 6.48. The van der Waals surface area contributed by atoms with Crippen LogP contribution in [0.15, 0.2) is 40.8 Å². The maximum atomic E-state index is 11.5. The molecular formula is C13H9NOS2. The summed E-state index contributed by atoms with van der Waals surface area (Å²) < 4.78 is 0.539. The van der Waals surface area contributed by atoms with Gasteiger partial charge < -0.3 is 5.32 Å². The van der Waals surface area contributed by atoms with Crippen LogP contribution in [-0.2, 0) is 11.2 Å². The second-order valence-corrected chi connectivity index (χ2v) is 5.67. The molecule has 0 atom stereocenters. The molecule has 1 aliphatic heterocycles. The van der Waals surface area contributed by atoms with Crippen LogP contribution in [0.3, 0.4) is 0 Å². The van der Waals surface area contributed by atoms with Gasteiger partial charge in [0.25, 0.3) is 5.91 Å². The van der Waals surface area contributed by atoms with E-state index in [1.165, 1.54) is 22.9 Å². The van der Waals surface area contributed by atoms with Gasteiger partial charge in [0.05, 0.1) is 4.91 Å². The second kappa shape index (κ2) is 4.13. The largest absolute Gasteiger partial charge is 0.307 e. The van der Waals surface area contributed by atoms with Crippen molar-refractivity contribution in [2.75, 3.05) is 0 Å². The van der Waals surface area contributed by atoms with Gasteiger partial charge in [0.1, 0.15) is 4.32 Å². The first-order chi connectivity index (χ1) is 8.22. The lowest BCUT2D eigenvalue weighted by Crippen LogP contribution is -2.17. The molecule has 0 radical (unpaired) electrons. The average molecular weight is 259 g/mol. The first-order valence-electron chi connectivity index (χ1n) is 5.26. The van der Waals surface area contributed by atoms with Crippen LogP contribution >= 0.6 is 24.0 Å². The van der Waals surface area contributed by atoms with Gasteiger partial charge in [-0.1, -0.05) is 54.3 Å². The zero-order chi connectivity index (χ0) is 11.8. The molecule has 0 spiro atoms. The molecule has 2 nitrogen and oxygen atoms in total. The third-order valence-corrected chi connectivity index (χ3v) is 3.91. The fraction of sp³-hybridized carbons (Fsp3) is 0.0769. The van der Waals surface area contributed by atoms with Crippen molar-refractivity contribution in [1.82, 2.24) is 5.32 Å². The number of amides is 1. The van der Waals surface area contributed by atoms with E-state index in [9.17, 15) is 4.79 Å². The quantitative estimate of drug-likeness (QED) is 0.621. The summed E-state index contributed by atoms with van der Waals surface area (Å²) in [5.74, 6) is -0.0862. The highest BCUT2D eigenvalue weighted by Crippen LogP contribution is 2.30. The lowest BCUT2D eigenvalue weighted by atomic mass is 10.1. The third kappa shape index (κ3) is 2.06. The molecule has 4 heteroatoms. The summed E-state index contributed by atoms with van der Waals surface area (Å²) >= 11 is 6.28. The number of thiocarbonyl (C=S) groups is 1. The fourth-order valence-electron chi connectivity index (χ4n) is 1.99. The summed E-state index contributed by atoms with van der Waals surface area (Å²) in [5, 5.41) is 2.62. The lowest BCUT2D eigenvalue weighted by molar-refractivity contribution is -0.115. The number of nitrogens with one attached hydrogen (secondary N) is 1. The van der Waals surface area contributed by atoms with Crippen LogP contribution in [0.1, 0.15) is 11.1 Å². The molecule has 1 aliphatic carbocycles. The minimum atomic E-state index is -0.0862. The Labute approximate surface area is 109 Å². The van der Waals surface area contributed by atoms with Crippen molar-refractivity contribution < 1.29 is 4.79 Å². The van der Waals surface area contributed by atoms with Crippen molar-refractivity contribution in [3.8, 4) is 0 Å². The number of thioether (sulfide) groups is 1. The molecule has 1 saturated heterocycles. The molecule has 0 unspecified atom stereocenters. The molecule has 1 amide bonds. The second-order valence-electron chi connectivity index (χ2n) is 3.95. The number of allylic oxidation sites excluding steroid dienone is 2. The van der Waals surface area contributed by atoms with Gasteiger partial charge in [-0.25, -0.2) is 0 Å².